The van der Waals surface area contributed by atoms with Crippen molar-refractivity contribution >= 4 is 5.91 Å². The molecule has 0 bridgehead atoms. The van der Waals surface area contributed by atoms with Crippen LogP contribution in [0.3, 0.4) is 0 Å². The van der Waals surface area contributed by atoms with Gasteiger partial charge in [-0.2, -0.15) is 0 Å². The molecule has 1 N–H and O–H groups in total. The van der Waals surface area contributed by atoms with Gasteiger partial charge in [-0.1, -0.05) is 23.8 Å². The molecule has 31 heavy (non-hydrogen) atoms. The summed E-state index contributed by atoms with van der Waals surface area (Å²) in [6, 6.07) is 8.29. The van der Waals surface area contributed by atoms with E-state index in [2.05, 4.69) is 45.3 Å². The highest BCUT2D eigenvalue weighted by Crippen LogP contribution is 2.23. The lowest BCUT2D eigenvalue weighted by atomic mass is 9.92. The summed E-state index contributed by atoms with van der Waals surface area (Å²) in [5, 5.41) is 3.04. The summed E-state index contributed by atoms with van der Waals surface area (Å²) in [6.07, 6.45) is 10.2. The first-order valence-corrected chi connectivity index (χ1v) is 11.6. The molecular weight excluding hydrogens is 388 g/mol. The van der Waals surface area contributed by atoms with E-state index in [0.717, 1.165) is 75.3 Å². The van der Waals surface area contributed by atoms with Gasteiger partial charge in [-0.3, -0.25) is 9.69 Å². The van der Waals surface area contributed by atoms with Gasteiger partial charge in [-0.25, -0.2) is 9.97 Å². The van der Waals surface area contributed by atoms with Crippen LogP contribution in [0.4, 0.5) is 0 Å². The fraction of sp³-hybridized carbons (Fsp3) is 0.560. The third kappa shape index (κ3) is 6.58. The van der Waals surface area contributed by atoms with Gasteiger partial charge in [-0.05, 0) is 64.1 Å². The smallest absolute Gasteiger partial charge is 0.220 e. The van der Waals surface area contributed by atoms with E-state index in [1.807, 2.05) is 18.5 Å². The van der Waals surface area contributed by atoms with Crippen molar-refractivity contribution in [3.63, 3.8) is 0 Å². The Bertz CT molecular complexity index is 841. The maximum Gasteiger partial charge on any atom is 0.220 e. The van der Waals surface area contributed by atoms with Crippen LogP contribution in [-0.4, -0.2) is 53.1 Å². The van der Waals surface area contributed by atoms with E-state index >= 15 is 0 Å². The topological polar surface area (TPSA) is 67.4 Å². The molecule has 0 radical (unpaired) electrons. The maximum atomic E-state index is 12.1. The lowest BCUT2D eigenvalue weighted by Gasteiger charge is -2.31. The Kier molecular flexibility index (Phi) is 7.65. The van der Waals surface area contributed by atoms with Crippen LogP contribution in [0, 0.1) is 12.8 Å². The lowest BCUT2D eigenvalue weighted by Crippen LogP contribution is -2.34. The van der Waals surface area contributed by atoms with E-state index in [9.17, 15) is 4.79 Å². The molecule has 1 amide bonds. The van der Waals surface area contributed by atoms with Crippen LogP contribution < -0.4 is 5.32 Å². The number of amides is 1. The predicted octanol–water partition coefficient (Wildman–Crippen LogP) is 3.74. The van der Waals surface area contributed by atoms with Crippen molar-refractivity contribution in [2.75, 3.05) is 26.2 Å². The maximum absolute atomic E-state index is 12.1. The molecule has 6 nitrogen and oxygen atoms in total. The third-order valence-electron chi connectivity index (χ3n) is 6.43. The second-order valence-corrected chi connectivity index (χ2v) is 8.98. The Morgan fingerprint density at radius 2 is 2.00 bits per heavy atom. The van der Waals surface area contributed by atoms with E-state index in [0.29, 0.717) is 18.9 Å². The average Bonchev–Trinajstić information content (AvgIpc) is 3.31. The summed E-state index contributed by atoms with van der Waals surface area (Å²) in [7, 11) is 0. The Labute approximate surface area is 185 Å². The number of aryl methyl sites for hydroxylation is 1. The van der Waals surface area contributed by atoms with E-state index in [4.69, 9.17) is 4.74 Å². The molecule has 1 atom stereocenters. The van der Waals surface area contributed by atoms with Crippen molar-refractivity contribution in [1.82, 2.24) is 20.2 Å². The van der Waals surface area contributed by atoms with Gasteiger partial charge >= 0.3 is 0 Å². The zero-order valence-electron chi connectivity index (χ0n) is 18.6. The average molecular weight is 423 g/mol. The third-order valence-corrected chi connectivity index (χ3v) is 6.43. The van der Waals surface area contributed by atoms with Gasteiger partial charge in [0.1, 0.15) is 0 Å². The second-order valence-electron chi connectivity index (χ2n) is 8.98. The number of ether oxygens (including phenoxy) is 1. The van der Waals surface area contributed by atoms with Crippen LogP contribution in [0.1, 0.15) is 49.7 Å². The first-order valence-electron chi connectivity index (χ1n) is 11.6. The van der Waals surface area contributed by atoms with Gasteiger partial charge in [0.2, 0.25) is 5.91 Å². The monoisotopic (exact) mass is 422 g/mol. The molecule has 2 aliphatic rings. The van der Waals surface area contributed by atoms with Crippen molar-refractivity contribution in [3.05, 3.63) is 47.8 Å². The number of carbonyl (C=O) groups is 1. The van der Waals surface area contributed by atoms with Crippen LogP contribution in [0.25, 0.3) is 11.4 Å². The molecule has 1 aromatic heterocycles. The number of hydrogen-bond donors (Lipinski definition) is 1. The minimum absolute atomic E-state index is 0.170. The fourth-order valence-corrected chi connectivity index (χ4v) is 4.52. The number of rotatable bonds is 8. The Hall–Kier alpha value is -2.31. The van der Waals surface area contributed by atoms with Crippen molar-refractivity contribution < 1.29 is 9.53 Å². The number of likely N-dealkylation sites (tertiary alicyclic amines) is 1. The minimum atomic E-state index is 0.170. The number of piperidine rings is 1. The number of aromatic nitrogens is 2. The first-order chi connectivity index (χ1) is 15.2. The molecule has 4 rings (SSSR count). The van der Waals surface area contributed by atoms with Gasteiger partial charge in [0.15, 0.2) is 5.82 Å². The molecule has 3 heterocycles. The number of carbonyl (C=O) groups excluding carboxylic acids is 1. The molecule has 0 saturated carbocycles. The largest absolute Gasteiger partial charge is 0.376 e. The highest BCUT2D eigenvalue weighted by Gasteiger charge is 2.21. The van der Waals surface area contributed by atoms with Crippen LogP contribution >= 0.6 is 0 Å². The molecule has 0 unspecified atom stereocenters. The van der Waals surface area contributed by atoms with Crippen molar-refractivity contribution in [2.45, 2.75) is 58.1 Å². The van der Waals surface area contributed by atoms with Crippen LogP contribution in [-0.2, 0) is 16.1 Å². The summed E-state index contributed by atoms with van der Waals surface area (Å²) < 4.78 is 5.56. The molecule has 1 aromatic carbocycles. The summed E-state index contributed by atoms with van der Waals surface area (Å²) in [5.41, 5.74) is 3.43. The molecule has 2 aromatic rings. The van der Waals surface area contributed by atoms with Crippen molar-refractivity contribution in [1.29, 1.82) is 0 Å². The van der Waals surface area contributed by atoms with Gasteiger partial charge in [0.05, 0.1) is 6.10 Å². The van der Waals surface area contributed by atoms with E-state index < -0.39 is 0 Å². The standard InChI is InChI=1S/C25H34N4O2/c1-19-4-2-5-22(14-19)25-27-15-21(16-28-25)18-29-11-9-20(10-12-29)7-8-24(30)26-17-23-6-3-13-31-23/h2,4-5,14-16,20,23H,3,6-13,17-18H2,1H3,(H,26,30)/t23-/m1/s1. The molecular formula is C25H34N4O2. The van der Waals surface area contributed by atoms with Gasteiger partial charge in [0, 0.05) is 49.6 Å². The summed E-state index contributed by atoms with van der Waals surface area (Å²) >= 11 is 0. The molecule has 0 spiro atoms. The van der Waals surface area contributed by atoms with Gasteiger partial charge in [-0.15, -0.1) is 0 Å². The summed E-state index contributed by atoms with van der Waals surface area (Å²) in [4.78, 5) is 23.7. The number of nitrogens with zero attached hydrogens (tertiary/aromatic N) is 3. The number of nitrogens with one attached hydrogen (secondary N) is 1. The predicted molar refractivity (Wildman–Crippen MR) is 121 cm³/mol. The molecule has 6 heteroatoms. The normalized spacial score (nSPS) is 20.1. The highest BCUT2D eigenvalue weighted by molar-refractivity contribution is 5.75. The van der Waals surface area contributed by atoms with Crippen LogP contribution in [0.15, 0.2) is 36.7 Å². The Balaban J connectivity index is 1.16. The van der Waals surface area contributed by atoms with Crippen molar-refractivity contribution in [2.24, 2.45) is 5.92 Å². The SMILES string of the molecule is Cc1cccc(-c2ncc(CN3CCC(CCC(=O)NC[C@H]4CCCO4)CC3)cn2)c1. The Morgan fingerprint density at radius 1 is 1.19 bits per heavy atom. The minimum Gasteiger partial charge on any atom is -0.376 e. The van der Waals surface area contributed by atoms with Gasteiger partial charge < -0.3 is 10.1 Å². The molecule has 2 fully saturated rings. The molecule has 2 aliphatic heterocycles. The van der Waals surface area contributed by atoms with E-state index in [-0.39, 0.29) is 12.0 Å². The van der Waals surface area contributed by atoms with Crippen LogP contribution in [0.2, 0.25) is 0 Å². The number of benzene rings is 1. The van der Waals surface area contributed by atoms with E-state index in [1.54, 1.807) is 0 Å². The fourth-order valence-electron chi connectivity index (χ4n) is 4.52. The summed E-state index contributed by atoms with van der Waals surface area (Å²) in [5.74, 6) is 1.59. The summed E-state index contributed by atoms with van der Waals surface area (Å²) in [6.45, 7) is 6.62. The molecule has 0 aliphatic carbocycles. The molecule has 166 valence electrons. The highest BCUT2D eigenvalue weighted by atomic mass is 16.5. The quantitative estimate of drug-likeness (QED) is 0.702. The first kappa shape index (κ1) is 21.9. The Morgan fingerprint density at radius 3 is 2.71 bits per heavy atom. The van der Waals surface area contributed by atoms with E-state index in [1.165, 1.54) is 5.56 Å². The molecule has 2 saturated heterocycles. The van der Waals surface area contributed by atoms with Crippen LogP contribution in [0.5, 0.6) is 0 Å². The van der Waals surface area contributed by atoms with Crippen molar-refractivity contribution in [3.8, 4) is 11.4 Å². The second kappa shape index (κ2) is 10.8. The number of hydrogen-bond acceptors (Lipinski definition) is 5. The zero-order chi connectivity index (χ0) is 21.5. The lowest BCUT2D eigenvalue weighted by molar-refractivity contribution is -0.122. The van der Waals surface area contributed by atoms with Gasteiger partial charge in [0.25, 0.3) is 0 Å². The zero-order valence-corrected chi connectivity index (χ0v) is 18.6.